The van der Waals surface area contributed by atoms with Crippen molar-refractivity contribution in [2.75, 3.05) is 0 Å². The molecule has 0 aromatic carbocycles. The third-order valence-electron chi connectivity index (χ3n) is 1.02. The highest BCUT2D eigenvalue weighted by atomic mass is 16.5. The molecule has 0 heterocycles. The van der Waals surface area contributed by atoms with E-state index in [-0.39, 0.29) is 0 Å². The molecule has 0 saturated heterocycles. The zero-order valence-corrected chi connectivity index (χ0v) is 6.53. The summed E-state index contributed by atoms with van der Waals surface area (Å²) in [5, 5.41) is -6.17. The average Bonchev–Trinajstić information content (AvgIpc) is 1.52. The Morgan fingerprint density at radius 2 is 1.17 bits per heavy atom. The molecule has 2 N–H and O–H groups in total. The molecule has 2 nitrogen and oxygen atoms in total. The topological polar surface area (TPSA) is 35.2 Å². The minimum Gasteiger partial charge on any atom is -0.415 e. The second-order valence-corrected chi connectivity index (χ2v) is 2.68. The zero-order valence-electron chi connectivity index (χ0n) is 6.53. The molecule has 0 aliphatic heterocycles. The third-order valence-corrected chi connectivity index (χ3v) is 1.02. The van der Waals surface area contributed by atoms with Gasteiger partial charge in [-0.1, -0.05) is 0 Å². The van der Waals surface area contributed by atoms with Crippen LogP contribution in [0.1, 0.15) is 0 Å². The first-order valence-corrected chi connectivity index (χ1v) is 2.97. The van der Waals surface area contributed by atoms with E-state index in [4.69, 9.17) is 60.7 Å². The van der Waals surface area contributed by atoms with Gasteiger partial charge in [-0.3, -0.25) is 0 Å². The predicted molar refractivity (Wildman–Crippen MR) is 53.7 cm³/mol. The molecular formula is C3H2B7NO. The highest BCUT2D eigenvalue weighted by molar-refractivity contribution is 6.59. The summed E-state index contributed by atoms with van der Waals surface area (Å²) in [5.74, 6) is 0. The molecule has 0 fully saturated rings. The maximum atomic E-state index is 5.22. The molecule has 9 heteroatoms. The Morgan fingerprint density at radius 1 is 0.833 bits per heavy atom. The first kappa shape index (κ1) is 12.4. The van der Waals surface area contributed by atoms with Crippen molar-refractivity contribution in [3.8, 4) is 0 Å². The predicted octanol–water partition coefficient (Wildman–Crippen LogP) is -3.94. The van der Waals surface area contributed by atoms with Gasteiger partial charge in [-0.15, -0.1) is 0 Å². The van der Waals surface area contributed by atoms with Gasteiger partial charge in [0.05, 0.1) is 54.9 Å². The maximum absolute atomic E-state index is 5.22. The molecule has 0 aliphatic carbocycles. The summed E-state index contributed by atoms with van der Waals surface area (Å²) in [6.07, 6.45) is 0. The van der Waals surface area contributed by atoms with E-state index < -0.39 is 16.0 Å². The summed E-state index contributed by atoms with van der Waals surface area (Å²) in [6, 6.07) is 0. The first-order valence-electron chi connectivity index (χ1n) is 2.97. The smallest absolute Gasteiger partial charge is 0.0996 e. The quantitative estimate of drug-likeness (QED) is 0.410. The number of hydrogen-bond donors (Lipinski definition) is 1. The fourth-order valence-electron chi connectivity index (χ4n) is 0.381. The molecule has 0 atom stereocenters. The second-order valence-electron chi connectivity index (χ2n) is 2.68. The van der Waals surface area contributed by atoms with E-state index in [0.29, 0.717) is 0 Å². The van der Waals surface area contributed by atoms with Crippen molar-refractivity contribution in [3.05, 3.63) is 0 Å². The molecule has 0 spiro atoms. The molecule has 0 aliphatic rings. The van der Waals surface area contributed by atoms with Crippen LogP contribution < -0.4 is 5.73 Å². The molecule has 0 aromatic heterocycles. The molecule has 46 valence electrons. The van der Waals surface area contributed by atoms with E-state index in [9.17, 15) is 0 Å². The Kier molecular flexibility index (Phi) is 3.36. The minimum atomic E-state index is -2.12. The van der Waals surface area contributed by atoms with Crippen LogP contribution in [0.2, 0.25) is 0 Å². The van der Waals surface area contributed by atoms with Gasteiger partial charge in [0.2, 0.25) is 0 Å². The maximum Gasteiger partial charge on any atom is 0.0996 e. The highest BCUT2D eigenvalue weighted by Gasteiger charge is 2.34. The van der Waals surface area contributed by atoms with Crippen LogP contribution in [0.4, 0.5) is 0 Å². The molecule has 0 aromatic rings. The third kappa shape index (κ3) is 3.86. The Bertz CT molecular complexity index is 157. The normalized spacial score (nSPS) is 14.4. The fraction of sp³-hybridized carbons (Fsp3) is 1.00. The monoisotopic (exact) mass is 145 g/mol. The lowest BCUT2D eigenvalue weighted by molar-refractivity contribution is 0.0597. The van der Waals surface area contributed by atoms with Crippen LogP contribution in [0, 0.1) is 0 Å². The molecule has 0 bridgehead atoms. The zero-order chi connectivity index (χ0) is 10.2. The summed E-state index contributed by atoms with van der Waals surface area (Å²) >= 11 is 0. The Morgan fingerprint density at radius 3 is 1.25 bits per heavy atom. The van der Waals surface area contributed by atoms with Gasteiger partial charge < -0.3 is 10.5 Å². The molecule has 0 unspecified atom stereocenters. The lowest BCUT2D eigenvalue weighted by Gasteiger charge is -2.46. The average molecular weight is 144 g/mol. The summed E-state index contributed by atoms with van der Waals surface area (Å²) in [6.45, 7) is 0. The lowest BCUT2D eigenvalue weighted by Crippen LogP contribution is -2.67. The molecule has 0 rings (SSSR count). The van der Waals surface area contributed by atoms with Crippen molar-refractivity contribution in [2.45, 2.75) is 16.0 Å². The van der Waals surface area contributed by atoms with E-state index in [2.05, 4.69) is 4.74 Å². The van der Waals surface area contributed by atoms with E-state index in [1.54, 1.807) is 0 Å². The molecule has 14 radical (unpaired) electrons. The number of rotatable bonds is 3. The van der Waals surface area contributed by atoms with E-state index >= 15 is 0 Å². The first-order chi connectivity index (χ1) is 4.96. The van der Waals surface area contributed by atoms with Crippen LogP contribution >= 0.6 is 0 Å². The van der Waals surface area contributed by atoms with Crippen molar-refractivity contribution < 1.29 is 4.74 Å². The van der Waals surface area contributed by atoms with Crippen LogP contribution in [0.25, 0.3) is 0 Å². The molecule has 12 heavy (non-hydrogen) atoms. The van der Waals surface area contributed by atoms with Gasteiger partial charge in [0.1, 0.15) is 0 Å². The SMILES string of the molecule is [B]C([B])([B])OC([B])([B])C([B])([B])N. The van der Waals surface area contributed by atoms with Crippen LogP contribution in [0.3, 0.4) is 0 Å². The summed E-state index contributed by atoms with van der Waals surface area (Å²) < 4.78 is 4.50. The van der Waals surface area contributed by atoms with Gasteiger partial charge in [0, 0.05) is 0 Å². The van der Waals surface area contributed by atoms with Crippen molar-refractivity contribution >= 4 is 54.9 Å². The van der Waals surface area contributed by atoms with E-state index in [0.717, 1.165) is 0 Å². The van der Waals surface area contributed by atoms with Crippen LogP contribution in [0.5, 0.6) is 0 Å². The molecule has 0 saturated carbocycles. The lowest BCUT2D eigenvalue weighted by atomic mass is 9.39. The highest BCUT2D eigenvalue weighted by Crippen LogP contribution is 2.15. The van der Waals surface area contributed by atoms with Crippen LogP contribution in [-0.2, 0) is 4.74 Å². The van der Waals surface area contributed by atoms with Crippen molar-refractivity contribution in [1.82, 2.24) is 0 Å². The largest absolute Gasteiger partial charge is 0.415 e. The van der Waals surface area contributed by atoms with Gasteiger partial charge in [-0.2, -0.15) is 0 Å². The molecule has 0 amide bonds. The van der Waals surface area contributed by atoms with Gasteiger partial charge in [0.15, 0.2) is 0 Å². The van der Waals surface area contributed by atoms with Crippen molar-refractivity contribution in [1.29, 1.82) is 0 Å². The summed E-state index contributed by atoms with van der Waals surface area (Å²) in [5.41, 5.74) is 5.13. The minimum absolute atomic E-state index is 2.00. The van der Waals surface area contributed by atoms with E-state index in [1.807, 2.05) is 0 Å². The Hall–Kier alpha value is 0.375. The van der Waals surface area contributed by atoms with Gasteiger partial charge in [-0.05, 0) is 16.0 Å². The Labute approximate surface area is 82.0 Å². The number of nitrogens with two attached hydrogens (primary N) is 1. The van der Waals surface area contributed by atoms with Crippen molar-refractivity contribution in [2.24, 2.45) is 5.73 Å². The van der Waals surface area contributed by atoms with Gasteiger partial charge in [-0.25, -0.2) is 0 Å². The van der Waals surface area contributed by atoms with Gasteiger partial charge in [0.25, 0.3) is 0 Å². The second kappa shape index (κ2) is 3.26. The Balaban J connectivity index is 4.44. The standard InChI is InChI=1S/C3H2B7NO/c4-1(5,11)2(6,7)12-3(8,9)10/h11H2. The number of ether oxygens (including phenoxy) is 1. The van der Waals surface area contributed by atoms with E-state index in [1.165, 1.54) is 0 Å². The molecular weight excluding hydrogens is 142 g/mol. The van der Waals surface area contributed by atoms with Crippen LogP contribution in [0.15, 0.2) is 0 Å². The number of hydrogen-bond acceptors (Lipinski definition) is 2. The van der Waals surface area contributed by atoms with Crippen LogP contribution in [-0.4, -0.2) is 71.0 Å². The fourth-order valence-corrected chi connectivity index (χ4v) is 0.381. The van der Waals surface area contributed by atoms with Crippen molar-refractivity contribution in [3.63, 3.8) is 0 Å². The summed E-state index contributed by atoms with van der Waals surface area (Å²) in [7, 11) is 35.8. The summed E-state index contributed by atoms with van der Waals surface area (Å²) in [4.78, 5) is 0. The van der Waals surface area contributed by atoms with Gasteiger partial charge >= 0.3 is 0 Å².